The molecule has 0 aliphatic rings. The molecule has 0 saturated carbocycles. The smallest absolute Gasteiger partial charge is 0.0914 e. The van der Waals surface area contributed by atoms with Crippen molar-refractivity contribution in [1.29, 1.82) is 0 Å². The summed E-state index contributed by atoms with van der Waals surface area (Å²) >= 11 is 3.35. The molecule has 1 atom stereocenters. The Bertz CT molecular complexity index is 248. The second-order valence-electron chi connectivity index (χ2n) is 2.88. The fourth-order valence-electron chi connectivity index (χ4n) is 1.08. The van der Waals surface area contributed by atoms with E-state index in [1.54, 1.807) is 0 Å². The summed E-state index contributed by atoms with van der Waals surface area (Å²) in [4.78, 5) is 0. The molecule has 0 aliphatic heterocycles. The Labute approximate surface area is 87.1 Å². The van der Waals surface area contributed by atoms with Crippen molar-refractivity contribution >= 4 is 15.9 Å². The lowest BCUT2D eigenvalue weighted by molar-refractivity contribution is 0.175. The van der Waals surface area contributed by atoms with Crippen LogP contribution in [-0.4, -0.2) is 18.2 Å². The van der Waals surface area contributed by atoms with Crippen LogP contribution < -0.4 is 5.32 Å². The van der Waals surface area contributed by atoms with Gasteiger partial charge in [0.05, 0.1) is 6.10 Å². The summed E-state index contributed by atoms with van der Waals surface area (Å²) in [5.41, 5.74) is 0.948. The van der Waals surface area contributed by atoms with Crippen LogP contribution in [0.15, 0.2) is 28.7 Å². The molecule has 3 heteroatoms. The molecule has 72 valence electrons. The van der Waals surface area contributed by atoms with Crippen LogP contribution in [0, 0.1) is 0 Å². The number of hydrogen-bond acceptors (Lipinski definition) is 2. The highest BCUT2D eigenvalue weighted by molar-refractivity contribution is 9.10. The van der Waals surface area contributed by atoms with E-state index in [-0.39, 0.29) is 0 Å². The predicted molar refractivity (Wildman–Crippen MR) is 57.6 cm³/mol. The van der Waals surface area contributed by atoms with Gasteiger partial charge >= 0.3 is 0 Å². The first-order chi connectivity index (χ1) is 6.24. The number of halogens is 1. The Balaban J connectivity index is 2.55. The molecule has 13 heavy (non-hydrogen) atoms. The molecule has 0 heterocycles. The van der Waals surface area contributed by atoms with Gasteiger partial charge in [-0.25, -0.2) is 0 Å². The Morgan fingerprint density at radius 3 is 2.54 bits per heavy atom. The SMILES string of the molecule is CCNC[C@@H](O)c1ccc(Br)cc1. The second-order valence-corrected chi connectivity index (χ2v) is 3.79. The molecule has 1 aromatic carbocycles. The molecule has 2 nitrogen and oxygen atoms in total. The summed E-state index contributed by atoms with van der Waals surface area (Å²) in [5, 5.41) is 12.8. The Hall–Kier alpha value is -0.380. The fourth-order valence-corrected chi connectivity index (χ4v) is 1.35. The molecule has 0 aromatic heterocycles. The summed E-state index contributed by atoms with van der Waals surface area (Å²) in [5.74, 6) is 0. The van der Waals surface area contributed by atoms with Crippen molar-refractivity contribution < 1.29 is 5.11 Å². The van der Waals surface area contributed by atoms with Crippen molar-refractivity contribution in [3.63, 3.8) is 0 Å². The molecular weight excluding hydrogens is 230 g/mol. The molecule has 2 N–H and O–H groups in total. The first-order valence-corrected chi connectivity index (χ1v) is 5.17. The van der Waals surface area contributed by atoms with E-state index in [1.807, 2.05) is 31.2 Å². The maximum atomic E-state index is 9.66. The van der Waals surface area contributed by atoms with Gasteiger partial charge in [0.2, 0.25) is 0 Å². The van der Waals surface area contributed by atoms with Gasteiger partial charge in [-0.3, -0.25) is 0 Å². The maximum Gasteiger partial charge on any atom is 0.0914 e. The maximum absolute atomic E-state index is 9.66. The van der Waals surface area contributed by atoms with Gasteiger partial charge in [0.15, 0.2) is 0 Å². The molecule has 0 aliphatic carbocycles. The lowest BCUT2D eigenvalue weighted by Gasteiger charge is -2.10. The van der Waals surface area contributed by atoms with E-state index < -0.39 is 6.10 Å². The molecule has 0 fully saturated rings. The highest BCUT2D eigenvalue weighted by Crippen LogP contribution is 2.15. The summed E-state index contributed by atoms with van der Waals surface area (Å²) in [6, 6.07) is 7.72. The fraction of sp³-hybridized carbons (Fsp3) is 0.400. The van der Waals surface area contributed by atoms with Gasteiger partial charge in [0.25, 0.3) is 0 Å². The minimum absolute atomic E-state index is 0.409. The van der Waals surface area contributed by atoms with Crippen LogP contribution in [0.1, 0.15) is 18.6 Å². The predicted octanol–water partition coefficient (Wildman–Crippen LogP) is 2.09. The van der Waals surface area contributed by atoms with Crippen LogP contribution in [0.2, 0.25) is 0 Å². The van der Waals surface area contributed by atoms with Crippen molar-refractivity contribution in [3.8, 4) is 0 Å². The number of benzene rings is 1. The van der Waals surface area contributed by atoms with E-state index in [9.17, 15) is 5.11 Å². The summed E-state index contributed by atoms with van der Waals surface area (Å²) < 4.78 is 1.03. The lowest BCUT2D eigenvalue weighted by atomic mass is 10.1. The van der Waals surface area contributed by atoms with Crippen LogP contribution in [-0.2, 0) is 0 Å². The van der Waals surface area contributed by atoms with Gasteiger partial charge < -0.3 is 10.4 Å². The average Bonchev–Trinajstić information content (AvgIpc) is 2.15. The molecule has 1 aromatic rings. The molecule has 0 amide bonds. The quantitative estimate of drug-likeness (QED) is 0.850. The van der Waals surface area contributed by atoms with Crippen LogP contribution in [0.4, 0.5) is 0 Å². The molecule has 0 bridgehead atoms. The first kappa shape index (κ1) is 10.7. The van der Waals surface area contributed by atoms with E-state index in [0.29, 0.717) is 6.54 Å². The van der Waals surface area contributed by atoms with Crippen LogP contribution in [0.5, 0.6) is 0 Å². The van der Waals surface area contributed by atoms with Gasteiger partial charge in [0, 0.05) is 11.0 Å². The van der Waals surface area contributed by atoms with Gasteiger partial charge in [0.1, 0.15) is 0 Å². The highest BCUT2D eigenvalue weighted by Gasteiger charge is 2.05. The second kappa shape index (κ2) is 5.37. The Morgan fingerprint density at radius 2 is 2.00 bits per heavy atom. The third-order valence-corrected chi connectivity index (χ3v) is 2.37. The van der Waals surface area contributed by atoms with E-state index in [4.69, 9.17) is 0 Å². The normalized spacial score (nSPS) is 12.8. The largest absolute Gasteiger partial charge is 0.387 e. The van der Waals surface area contributed by atoms with Gasteiger partial charge in [-0.1, -0.05) is 35.0 Å². The summed E-state index contributed by atoms with van der Waals surface area (Å²) in [7, 11) is 0. The topological polar surface area (TPSA) is 32.3 Å². The summed E-state index contributed by atoms with van der Waals surface area (Å²) in [6.07, 6.45) is -0.409. The minimum atomic E-state index is -0.409. The Kier molecular flexibility index (Phi) is 4.42. The number of nitrogens with one attached hydrogen (secondary N) is 1. The van der Waals surface area contributed by atoms with Crippen molar-refractivity contribution in [2.45, 2.75) is 13.0 Å². The number of aliphatic hydroxyl groups is 1. The molecule has 0 unspecified atom stereocenters. The molecule has 0 radical (unpaired) electrons. The third-order valence-electron chi connectivity index (χ3n) is 1.84. The van der Waals surface area contributed by atoms with Gasteiger partial charge in [-0.2, -0.15) is 0 Å². The summed E-state index contributed by atoms with van der Waals surface area (Å²) in [6.45, 7) is 3.51. The van der Waals surface area contributed by atoms with Gasteiger partial charge in [-0.05, 0) is 24.2 Å². The van der Waals surface area contributed by atoms with E-state index >= 15 is 0 Å². The third kappa shape index (κ3) is 3.46. The van der Waals surface area contributed by atoms with Crippen molar-refractivity contribution in [2.24, 2.45) is 0 Å². The zero-order chi connectivity index (χ0) is 9.68. The monoisotopic (exact) mass is 243 g/mol. The highest BCUT2D eigenvalue weighted by atomic mass is 79.9. The number of rotatable bonds is 4. The van der Waals surface area contributed by atoms with Crippen LogP contribution in [0.25, 0.3) is 0 Å². The zero-order valence-electron chi connectivity index (χ0n) is 7.63. The van der Waals surface area contributed by atoms with Crippen LogP contribution in [0.3, 0.4) is 0 Å². The van der Waals surface area contributed by atoms with Crippen LogP contribution >= 0.6 is 15.9 Å². The Morgan fingerprint density at radius 1 is 1.38 bits per heavy atom. The van der Waals surface area contributed by atoms with Crippen molar-refractivity contribution in [3.05, 3.63) is 34.3 Å². The number of hydrogen-bond donors (Lipinski definition) is 2. The minimum Gasteiger partial charge on any atom is -0.387 e. The lowest BCUT2D eigenvalue weighted by Crippen LogP contribution is -2.20. The molecular formula is C10H14BrNO. The molecule has 0 saturated heterocycles. The number of aliphatic hydroxyl groups excluding tert-OH is 1. The van der Waals surface area contributed by atoms with E-state index in [2.05, 4.69) is 21.2 Å². The van der Waals surface area contributed by atoms with E-state index in [1.165, 1.54) is 0 Å². The molecule has 1 rings (SSSR count). The first-order valence-electron chi connectivity index (χ1n) is 4.38. The molecule has 0 spiro atoms. The van der Waals surface area contributed by atoms with Crippen molar-refractivity contribution in [1.82, 2.24) is 5.32 Å². The zero-order valence-corrected chi connectivity index (χ0v) is 9.21. The standard InChI is InChI=1S/C10H14BrNO/c1-2-12-7-10(13)8-3-5-9(11)6-4-8/h3-6,10,12-13H,2,7H2,1H3/t10-/m1/s1. The van der Waals surface area contributed by atoms with E-state index in [0.717, 1.165) is 16.6 Å². The number of likely N-dealkylation sites (N-methyl/N-ethyl adjacent to an activating group) is 1. The average molecular weight is 244 g/mol. The van der Waals surface area contributed by atoms with Gasteiger partial charge in [-0.15, -0.1) is 0 Å². The van der Waals surface area contributed by atoms with Crippen molar-refractivity contribution in [2.75, 3.05) is 13.1 Å².